The van der Waals surface area contributed by atoms with Crippen LogP contribution in [-0.2, 0) is 13.1 Å². The Morgan fingerprint density at radius 3 is 2.92 bits per heavy atom. The van der Waals surface area contributed by atoms with E-state index in [2.05, 4.69) is 17.3 Å². The number of aliphatic hydroxyl groups excluding tert-OH is 1. The van der Waals surface area contributed by atoms with E-state index in [-0.39, 0.29) is 19.0 Å². The van der Waals surface area contributed by atoms with Crippen LogP contribution in [0.3, 0.4) is 0 Å². The first-order valence-electron chi connectivity index (χ1n) is 4.19. The van der Waals surface area contributed by atoms with Crippen LogP contribution in [0.25, 0.3) is 0 Å². The topological polar surface area (TPSA) is 50.1 Å². The minimum Gasteiger partial charge on any atom is -0.395 e. The zero-order valence-corrected chi connectivity index (χ0v) is 8.55. The van der Waals surface area contributed by atoms with Crippen molar-refractivity contribution in [3.8, 4) is 0 Å². The van der Waals surface area contributed by atoms with Crippen LogP contribution in [0.5, 0.6) is 0 Å². The van der Waals surface area contributed by atoms with Gasteiger partial charge in [0.2, 0.25) is 0 Å². The Kier molecular flexibility index (Phi) is 6.58. The van der Waals surface area contributed by atoms with Gasteiger partial charge in [-0.05, 0) is 6.92 Å². The summed E-state index contributed by atoms with van der Waals surface area (Å²) in [6.45, 7) is 4.55. The first-order chi connectivity index (χ1) is 5.86. The van der Waals surface area contributed by atoms with Gasteiger partial charge in [-0.15, -0.1) is 12.4 Å². The molecule has 0 saturated carbocycles. The van der Waals surface area contributed by atoms with E-state index in [1.54, 1.807) is 0 Å². The van der Waals surface area contributed by atoms with Crippen molar-refractivity contribution in [1.82, 2.24) is 15.1 Å². The van der Waals surface area contributed by atoms with Gasteiger partial charge in [0.15, 0.2) is 0 Å². The zero-order valence-electron chi connectivity index (χ0n) is 7.73. The number of rotatable bonds is 5. The van der Waals surface area contributed by atoms with Gasteiger partial charge < -0.3 is 10.4 Å². The summed E-state index contributed by atoms with van der Waals surface area (Å²) in [6, 6.07) is 0. The van der Waals surface area contributed by atoms with Crippen LogP contribution >= 0.6 is 12.4 Å². The Bertz CT molecular complexity index is 227. The highest BCUT2D eigenvalue weighted by molar-refractivity contribution is 5.85. The number of aliphatic hydroxyl groups is 1. The van der Waals surface area contributed by atoms with E-state index in [0.717, 1.165) is 18.7 Å². The lowest BCUT2D eigenvalue weighted by atomic mass is 10.3. The van der Waals surface area contributed by atoms with Crippen molar-refractivity contribution in [2.24, 2.45) is 0 Å². The molecule has 0 aromatic carbocycles. The second kappa shape index (κ2) is 6.88. The van der Waals surface area contributed by atoms with Gasteiger partial charge in [-0.2, -0.15) is 5.10 Å². The third-order valence-electron chi connectivity index (χ3n) is 1.63. The SMILES string of the molecule is CCn1cc(CNCCO)cn1.Cl. The summed E-state index contributed by atoms with van der Waals surface area (Å²) in [5, 5.41) is 15.7. The van der Waals surface area contributed by atoms with Crippen LogP contribution in [0.15, 0.2) is 12.4 Å². The number of hydrogen-bond donors (Lipinski definition) is 2. The fraction of sp³-hybridized carbons (Fsp3) is 0.625. The normalized spacial score (nSPS) is 9.69. The first kappa shape index (κ1) is 12.4. The molecule has 1 aromatic rings. The molecule has 2 N–H and O–H groups in total. The quantitative estimate of drug-likeness (QED) is 0.685. The van der Waals surface area contributed by atoms with Crippen molar-refractivity contribution in [2.45, 2.75) is 20.0 Å². The molecule has 0 spiro atoms. The first-order valence-corrected chi connectivity index (χ1v) is 4.19. The second-order valence-electron chi connectivity index (χ2n) is 2.60. The molecule has 0 radical (unpaired) electrons. The maximum atomic E-state index is 8.51. The van der Waals surface area contributed by atoms with Crippen molar-refractivity contribution in [2.75, 3.05) is 13.2 Å². The van der Waals surface area contributed by atoms with E-state index in [9.17, 15) is 0 Å². The van der Waals surface area contributed by atoms with Crippen LogP contribution in [-0.4, -0.2) is 28.0 Å². The number of aryl methyl sites for hydroxylation is 1. The monoisotopic (exact) mass is 205 g/mol. The molecule has 0 aliphatic carbocycles. The lowest BCUT2D eigenvalue weighted by Crippen LogP contribution is -2.17. The van der Waals surface area contributed by atoms with Gasteiger partial charge in [0.05, 0.1) is 12.8 Å². The van der Waals surface area contributed by atoms with E-state index in [4.69, 9.17) is 5.11 Å². The molecule has 0 aliphatic rings. The van der Waals surface area contributed by atoms with Gasteiger partial charge in [0.25, 0.3) is 0 Å². The molecule has 0 saturated heterocycles. The Balaban J connectivity index is 0.00000144. The number of nitrogens with zero attached hydrogens (tertiary/aromatic N) is 2. The second-order valence-corrected chi connectivity index (χ2v) is 2.60. The summed E-state index contributed by atoms with van der Waals surface area (Å²) in [6.07, 6.45) is 3.85. The van der Waals surface area contributed by atoms with Gasteiger partial charge in [-0.25, -0.2) is 0 Å². The average Bonchev–Trinajstić information content (AvgIpc) is 2.53. The largest absolute Gasteiger partial charge is 0.395 e. The van der Waals surface area contributed by atoms with E-state index >= 15 is 0 Å². The molecule has 4 nitrogen and oxygen atoms in total. The molecule has 0 fully saturated rings. The Labute approximate surface area is 84.4 Å². The minimum atomic E-state index is 0. The number of nitrogens with one attached hydrogen (secondary N) is 1. The van der Waals surface area contributed by atoms with Gasteiger partial charge in [0, 0.05) is 31.4 Å². The average molecular weight is 206 g/mol. The Hall–Kier alpha value is -0.580. The van der Waals surface area contributed by atoms with E-state index < -0.39 is 0 Å². The molecule has 1 aromatic heterocycles. The zero-order chi connectivity index (χ0) is 8.81. The predicted molar refractivity (Wildman–Crippen MR) is 53.9 cm³/mol. The predicted octanol–water partition coefficient (Wildman–Crippen LogP) is 0.407. The highest BCUT2D eigenvalue weighted by Crippen LogP contribution is 1.95. The molecule has 0 aliphatic heterocycles. The van der Waals surface area contributed by atoms with Crippen LogP contribution in [0, 0.1) is 0 Å². The molecular formula is C8H16ClN3O. The molecule has 5 heteroatoms. The van der Waals surface area contributed by atoms with Crippen molar-refractivity contribution >= 4 is 12.4 Å². The minimum absolute atomic E-state index is 0. The smallest absolute Gasteiger partial charge is 0.0556 e. The van der Waals surface area contributed by atoms with Gasteiger partial charge in [-0.1, -0.05) is 0 Å². The van der Waals surface area contributed by atoms with Gasteiger partial charge >= 0.3 is 0 Å². The van der Waals surface area contributed by atoms with Crippen LogP contribution in [0.4, 0.5) is 0 Å². The molecule has 1 rings (SSSR count). The summed E-state index contributed by atoms with van der Waals surface area (Å²) in [7, 11) is 0. The summed E-state index contributed by atoms with van der Waals surface area (Å²) in [5.41, 5.74) is 1.16. The summed E-state index contributed by atoms with van der Waals surface area (Å²) in [4.78, 5) is 0. The van der Waals surface area contributed by atoms with Crippen LogP contribution in [0.2, 0.25) is 0 Å². The molecule has 0 unspecified atom stereocenters. The van der Waals surface area contributed by atoms with Crippen LogP contribution in [0.1, 0.15) is 12.5 Å². The highest BCUT2D eigenvalue weighted by Gasteiger charge is 1.95. The maximum absolute atomic E-state index is 8.51. The third kappa shape index (κ3) is 4.26. The van der Waals surface area contributed by atoms with Crippen molar-refractivity contribution in [3.05, 3.63) is 18.0 Å². The molecule has 76 valence electrons. The number of aromatic nitrogens is 2. The van der Waals surface area contributed by atoms with Crippen molar-refractivity contribution in [1.29, 1.82) is 0 Å². The van der Waals surface area contributed by atoms with Crippen molar-refractivity contribution in [3.63, 3.8) is 0 Å². The molecule has 0 amide bonds. The standard InChI is InChI=1S/C8H15N3O.ClH/c1-2-11-7-8(6-10-11)5-9-3-4-12;/h6-7,9,12H,2-5H2,1H3;1H. The number of hydrogen-bond acceptors (Lipinski definition) is 3. The fourth-order valence-electron chi connectivity index (χ4n) is 0.982. The molecular weight excluding hydrogens is 190 g/mol. The highest BCUT2D eigenvalue weighted by atomic mass is 35.5. The van der Waals surface area contributed by atoms with Gasteiger partial charge in [-0.3, -0.25) is 4.68 Å². The summed E-state index contributed by atoms with van der Waals surface area (Å²) in [5.74, 6) is 0. The molecule has 1 heterocycles. The lowest BCUT2D eigenvalue weighted by molar-refractivity contribution is 0.292. The summed E-state index contributed by atoms with van der Waals surface area (Å²) >= 11 is 0. The molecule has 13 heavy (non-hydrogen) atoms. The van der Waals surface area contributed by atoms with Gasteiger partial charge in [0.1, 0.15) is 0 Å². The Morgan fingerprint density at radius 1 is 1.62 bits per heavy atom. The Morgan fingerprint density at radius 2 is 2.38 bits per heavy atom. The molecule has 0 atom stereocenters. The van der Waals surface area contributed by atoms with Crippen molar-refractivity contribution < 1.29 is 5.11 Å². The molecule has 0 bridgehead atoms. The number of halogens is 1. The maximum Gasteiger partial charge on any atom is 0.0556 e. The lowest BCUT2D eigenvalue weighted by Gasteiger charge is -1.97. The van der Waals surface area contributed by atoms with Crippen LogP contribution < -0.4 is 5.32 Å². The fourth-order valence-corrected chi connectivity index (χ4v) is 0.982. The summed E-state index contributed by atoms with van der Waals surface area (Å²) < 4.78 is 1.88. The van der Waals surface area contributed by atoms with E-state index in [1.807, 2.05) is 17.1 Å². The van der Waals surface area contributed by atoms with E-state index in [0.29, 0.717) is 6.54 Å². The van der Waals surface area contributed by atoms with E-state index in [1.165, 1.54) is 0 Å². The third-order valence-corrected chi connectivity index (χ3v) is 1.63.